The van der Waals surface area contributed by atoms with Gasteiger partial charge in [0.05, 0.1) is 0 Å². The van der Waals surface area contributed by atoms with Crippen molar-refractivity contribution < 1.29 is 46.1 Å². The predicted octanol–water partition coefficient (Wildman–Crippen LogP) is 2.67. The molecule has 1 heterocycles. The van der Waals surface area contributed by atoms with Gasteiger partial charge in [0.15, 0.2) is 0 Å². The van der Waals surface area contributed by atoms with Gasteiger partial charge in [-0.1, -0.05) is 17.7 Å². The zero-order valence-electron chi connectivity index (χ0n) is 14.1. The number of alkyl halides is 6. The summed E-state index contributed by atoms with van der Waals surface area (Å²) in [6.45, 7) is 6.59. The van der Waals surface area contributed by atoms with E-state index in [1.807, 2.05) is 0 Å². The molecule has 0 unspecified atom stereocenters. The second-order valence-electron chi connectivity index (χ2n) is 5.18. The largest absolute Gasteiger partial charge is 0.490 e. The van der Waals surface area contributed by atoms with Gasteiger partial charge in [0.25, 0.3) is 0 Å². The summed E-state index contributed by atoms with van der Waals surface area (Å²) < 4.78 is 63.5. The van der Waals surface area contributed by atoms with Gasteiger partial charge in [-0.15, -0.1) is 0 Å². The smallest absolute Gasteiger partial charge is 0.475 e. The van der Waals surface area contributed by atoms with Crippen molar-refractivity contribution in [1.82, 2.24) is 5.32 Å². The second kappa shape index (κ2) is 10.6. The second-order valence-corrected chi connectivity index (χ2v) is 5.18. The van der Waals surface area contributed by atoms with Gasteiger partial charge in [0.1, 0.15) is 0 Å². The van der Waals surface area contributed by atoms with E-state index < -0.39 is 24.3 Å². The van der Waals surface area contributed by atoms with Gasteiger partial charge in [0.2, 0.25) is 0 Å². The molecule has 1 aromatic carbocycles. The first-order chi connectivity index (χ1) is 12.2. The summed E-state index contributed by atoms with van der Waals surface area (Å²) in [6.07, 6.45) is -10.2. The van der Waals surface area contributed by atoms with E-state index in [2.05, 4.69) is 41.4 Å². The molecule has 0 atom stereocenters. The summed E-state index contributed by atoms with van der Waals surface area (Å²) in [6, 6.07) is 8.77. The van der Waals surface area contributed by atoms with Gasteiger partial charge in [-0.3, -0.25) is 0 Å². The van der Waals surface area contributed by atoms with E-state index in [1.165, 1.54) is 11.3 Å². The average Bonchev–Trinajstić information content (AvgIpc) is 2.56. The molecular weight excluding hydrogens is 386 g/mol. The standard InChI is InChI=1S/C11H16N2.2C2HF3O2/c1-10-2-4-11(5-3-10)13-8-6-12-7-9-13;2*3-2(4,5)1(6)7/h2-5,12H,6-9H2,1H3;2*(H,6,7). The van der Waals surface area contributed by atoms with Crippen LogP contribution in [-0.2, 0) is 9.59 Å². The van der Waals surface area contributed by atoms with E-state index >= 15 is 0 Å². The van der Waals surface area contributed by atoms with Crippen LogP contribution in [0.15, 0.2) is 24.3 Å². The molecule has 3 N–H and O–H groups in total. The third-order valence-electron chi connectivity index (χ3n) is 3.00. The number of carbonyl (C=O) groups is 2. The number of aliphatic carboxylic acids is 2. The quantitative estimate of drug-likeness (QED) is 0.624. The van der Waals surface area contributed by atoms with Crippen molar-refractivity contribution in [3.63, 3.8) is 0 Å². The molecular formula is C15H18F6N2O4. The third kappa shape index (κ3) is 10.9. The molecule has 154 valence electrons. The topological polar surface area (TPSA) is 89.9 Å². The number of rotatable bonds is 1. The SMILES string of the molecule is Cc1ccc(N2CCNCC2)cc1.O=C(O)C(F)(F)F.O=C(O)C(F)(F)F. The maximum Gasteiger partial charge on any atom is 0.490 e. The lowest BCUT2D eigenvalue weighted by molar-refractivity contribution is -0.193. The van der Waals surface area contributed by atoms with E-state index in [0.29, 0.717) is 0 Å². The highest BCUT2D eigenvalue weighted by Crippen LogP contribution is 2.15. The van der Waals surface area contributed by atoms with Crippen molar-refractivity contribution in [2.45, 2.75) is 19.3 Å². The lowest BCUT2D eigenvalue weighted by Crippen LogP contribution is -2.43. The van der Waals surface area contributed by atoms with Gasteiger partial charge in [-0.2, -0.15) is 26.3 Å². The van der Waals surface area contributed by atoms with Gasteiger partial charge in [-0.05, 0) is 19.1 Å². The Morgan fingerprint density at radius 1 is 0.889 bits per heavy atom. The fourth-order valence-electron chi connectivity index (χ4n) is 1.68. The minimum atomic E-state index is -5.08. The predicted molar refractivity (Wildman–Crippen MR) is 83.6 cm³/mol. The van der Waals surface area contributed by atoms with Crippen LogP contribution in [0.3, 0.4) is 0 Å². The van der Waals surface area contributed by atoms with Crippen molar-refractivity contribution >= 4 is 17.6 Å². The summed E-state index contributed by atoms with van der Waals surface area (Å²) in [4.78, 5) is 20.2. The van der Waals surface area contributed by atoms with Gasteiger partial charge in [-0.25, -0.2) is 9.59 Å². The van der Waals surface area contributed by atoms with E-state index in [-0.39, 0.29) is 0 Å². The number of carboxylic acids is 2. The molecule has 1 aliphatic rings. The Morgan fingerprint density at radius 2 is 1.22 bits per heavy atom. The van der Waals surface area contributed by atoms with Crippen LogP contribution in [0, 0.1) is 6.92 Å². The molecule has 1 aliphatic heterocycles. The Hall–Kier alpha value is -2.50. The van der Waals surface area contributed by atoms with Crippen LogP contribution in [0.1, 0.15) is 5.56 Å². The number of carboxylic acid groups (broad SMARTS) is 2. The maximum absolute atomic E-state index is 10.6. The van der Waals surface area contributed by atoms with Crippen molar-refractivity contribution in [3.8, 4) is 0 Å². The van der Waals surface area contributed by atoms with Crippen molar-refractivity contribution in [2.24, 2.45) is 0 Å². The Bertz CT molecular complexity index is 572. The number of nitrogens with zero attached hydrogens (tertiary/aromatic N) is 1. The zero-order valence-corrected chi connectivity index (χ0v) is 14.1. The fraction of sp³-hybridized carbons (Fsp3) is 0.467. The highest BCUT2D eigenvalue weighted by atomic mass is 19.4. The molecule has 0 aliphatic carbocycles. The monoisotopic (exact) mass is 404 g/mol. The lowest BCUT2D eigenvalue weighted by atomic mass is 10.2. The van der Waals surface area contributed by atoms with Crippen LogP contribution in [-0.4, -0.2) is 60.7 Å². The molecule has 1 fully saturated rings. The van der Waals surface area contributed by atoms with Crippen molar-refractivity contribution in [3.05, 3.63) is 29.8 Å². The average molecular weight is 404 g/mol. The number of benzene rings is 1. The van der Waals surface area contributed by atoms with Crippen molar-refractivity contribution in [2.75, 3.05) is 31.1 Å². The number of hydrogen-bond donors (Lipinski definition) is 3. The molecule has 0 spiro atoms. The van der Waals surface area contributed by atoms with Crippen LogP contribution < -0.4 is 10.2 Å². The first-order valence-corrected chi connectivity index (χ1v) is 7.37. The van der Waals surface area contributed by atoms with E-state index in [4.69, 9.17) is 19.8 Å². The summed E-state index contributed by atoms with van der Waals surface area (Å²) in [5.74, 6) is -5.51. The highest BCUT2D eigenvalue weighted by molar-refractivity contribution is 5.73. The lowest BCUT2D eigenvalue weighted by Gasteiger charge is -2.29. The number of piperazine rings is 1. The van der Waals surface area contributed by atoms with Gasteiger partial charge >= 0.3 is 24.3 Å². The van der Waals surface area contributed by atoms with Crippen LogP contribution in [0.2, 0.25) is 0 Å². The number of nitrogens with one attached hydrogen (secondary N) is 1. The minimum Gasteiger partial charge on any atom is -0.475 e. The number of halogens is 6. The van der Waals surface area contributed by atoms with E-state index in [0.717, 1.165) is 26.2 Å². The molecule has 0 aromatic heterocycles. The molecule has 0 radical (unpaired) electrons. The van der Waals surface area contributed by atoms with Crippen LogP contribution >= 0.6 is 0 Å². The molecule has 0 amide bonds. The first kappa shape index (κ1) is 24.5. The summed E-state index contributed by atoms with van der Waals surface area (Å²) in [7, 11) is 0. The molecule has 6 nitrogen and oxygen atoms in total. The zero-order chi connectivity index (χ0) is 21.3. The Kier molecular flexibility index (Phi) is 9.62. The third-order valence-corrected chi connectivity index (χ3v) is 3.00. The highest BCUT2D eigenvalue weighted by Gasteiger charge is 2.38. The Morgan fingerprint density at radius 3 is 1.52 bits per heavy atom. The molecule has 0 saturated carbocycles. The molecule has 27 heavy (non-hydrogen) atoms. The number of anilines is 1. The van der Waals surface area contributed by atoms with E-state index in [1.54, 1.807) is 0 Å². The molecule has 1 saturated heterocycles. The fourth-order valence-corrected chi connectivity index (χ4v) is 1.68. The van der Waals surface area contributed by atoms with E-state index in [9.17, 15) is 26.3 Å². The van der Waals surface area contributed by atoms with Gasteiger partial charge in [0, 0.05) is 31.9 Å². The normalized spacial score (nSPS) is 14.3. The number of hydrogen-bond acceptors (Lipinski definition) is 4. The van der Waals surface area contributed by atoms with Crippen LogP contribution in [0.5, 0.6) is 0 Å². The molecule has 0 bridgehead atoms. The van der Waals surface area contributed by atoms with Crippen LogP contribution in [0.4, 0.5) is 32.0 Å². The molecule has 2 rings (SSSR count). The molecule has 1 aromatic rings. The Balaban J connectivity index is 0.000000416. The van der Waals surface area contributed by atoms with Crippen molar-refractivity contribution in [1.29, 1.82) is 0 Å². The van der Waals surface area contributed by atoms with Gasteiger partial charge < -0.3 is 20.4 Å². The maximum atomic E-state index is 10.6. The number of aryl methyl sites for hydroxylation is 1. The van der Waals surface area contributed by atoms with Crippen LogP contribution in [0.25, 0.3) is 0 Å². The first-order valence-electron chi connectivity index (χ1n) is 7.37. The molecule has 12 heteroatoms. The minimum absolute atomic E-state index is 1.11. The summed E-state index contributed by atoms with van der Waals surface area (Å²) >= 11 is 0. The summed E-state index contributed by atoms with van der Waals surface area (Å²) in [5.41, 5.74) is 2.69. The summed E-state index contributed by atoms with van der Waals surface area (Å²) in [5, 5.41) is 17.6. The Labute approximate surface area is 150 Å².